The number of para-hydroxylation sites is 1. The average molecular weight is 492 g/mol. The summed E-state index contributed by atoms with van der Waals surface area (Å²) in [6.07, 6.45) is 0.689. The van der Waals surface area contributed by atoms with Crippen LogP contribution in [0.25, 0.3) is 0 Å². The average Bonchev–Trinajstić information content (AvgIpc) is 3.52. The van der Waals surface area contributed by atoms with E-state index in [2.05, 4.69) is 10.6 Å². The van der Waals surface area contributed by atoms with Crippen molar-refractivity contribution in [2.24, 2.45) is 11.8 Å². The van der Waals surface area contributed by atoms with Gasteiger partial charge in [-0.15, -0.1) is 0 Å². The molecule has 3 amide bonds. The quantitative estimate of drug-likeness (QED) is 0.551. The number of likely N-dealkylation sites (tertiary alicyclic amines) is 1. The van der Waals surface area contributed by atoms with Crippen molar-refractivity contribution in [1.82, 2.24) is 10.2 Å². The summed E-state index contributed by atoms with van der Waals surface area (Å²) in [4.78, 5) is 42.5. The first kappa shape index (κ1) is 24.5. The lowest BCUT2D eigenvalue weighted by Gasteiger charge is -2.35. The predicted molar refractivity (Wildman–Crippen MR) is 134 cm³/mol. The first-order valence-corrected chi connectivity index (χ1v) is 12.6. The Balaban J connectivity index is 1.45. The topological polar surface area (TPSA) is 108 Å². The molecule has 1 spiro atoms. The summed E-state index contributed by atoms with van der Waals surface area (Å²) in [5.74, 6) is -2.35. The lowest BCUT2D eigenvalue weighted by Crippen LogP contribution is -2.55. The zero-order valence-corrected chi connectivity index (χ0v) is 20.9. The number of amides is 3. The van der Waals surface area contributed by atoms with E-state index in [9.17, 15) is 19.5 Å². The van der Waals surface area contributed by atoms with Crippen LogP contribution in [0.4, 0.5) is 5.69 Å². The fraction of sp³-hybridized carbons (Fsp3) is 0.464. The Labute approximate surface area is 211 Å². The van der Waals surface area contributed by atoms with E-state index in [4.69, 9.17) is 4.74 Å². The van der Waals surface area contributed by atoms with Gasteiger partial charge in [-0.1, -0.05) is 48.5 Å². The van der Waals surface area contributed by atoms with E-state index >= 15 is 0 Å². The molecule has 2 aromatic carbocycles. The Hall–Kier alpha value is -3.23. The number of anilines is 1. The summed E-state index contributed by atoms with van der Waals surface area (Å²) >= 11 is 0. The standard InChI is InChI=1S/C28H33N3O5/c1-16-8-7-9-17(2)23(16)30-26(34)24-28-13-12-20(36-28)21(22(28)27(35)31(24)18(3)15-32)25(33)29-14-19-10-5-4-6-11-19/h4-11,18,20-22,24,32H,12-15H2,1-3H3,(H,29,33)(H,30,34)/t18-,20-,21+,22+,24?,28?/m1/s1. The predicted octanol–water partition coefficient (Wildman–Crippen LogP) is 2.31. The van der Waals surface area contributed by atoms with E-state index in [-0.39, 0.29) is 24.3 Å². The molecule has 0 radical (unpaired) electrons. The number of aliphatic hydroxyl groups excluding tert-OH is 1. The summed E-state index contributed by atoms with van der Waals surface area (Å²) in [6, 6.07) is 13.8. The number of carbonyl (C=O) groups excluding carboxylic acids is 3. The van der Waals surface area contributed by atoms with Gasteiger partial charge in [-0.2, -0.15) is 0 Å². The molecule has 8 heteroatoms. The number of aliphatic hydroxyl groups is 1. The van der Waals surface area contributed by atoms with Crippen molar-refractivity contribution in [3.05, 3.63) is 65.2 Å². The molecule has 2 bridgehead atoms. The molecule has 3 heterocycles. The van der Waals surface area contributed by atoms with E-state index in [1.54, 1.807) is 6.92 Å². The number of hydrogen-bond donors (Lipinski definition) is 3. The number of ether oxygens (including phenoxy) is 1. The third-order valence-electron chi connectivity index (χ3n) is 8.07. The second-order valence-electron chi connectivity index (χ2n) is 10.3. The zero-order chi connectivity index (χ0) is 25.6. The fourth-order valence-electron chi connectivity index (χ4n) is 6.36. The van der Waals surface area contributed by atoms with Crippen LogP contribution < -0.4 is 10.6 Å². The molecule has 0 saturated carbocycles. The third kappa shape index (κ3) is 3.79. The number of fused-ring (bicyclic) bond motifs is 1. The number of nitrogens with one attached hydrogen (secondary N) is 2. The largest absolute Gasteiger partial charge is 0.394 e. The highest BCUT2D eigenvalue weighted by Crippen LogP contribution is 2.58. The number of nitrogens with zero attached hydrogens (tertiary/aromatic N) is 1. The van der Waals surface area contributed by atoms with Gasteiger partial charge in [-0.3, -0.25) is 14.4 Å². The van der Waals surface area contributed by atoms with Crippen LogP contribution in [0, 0.1) is 25.7 Å². The molecular formula is C28H33N3O5. The van der Waals surface area contributed by atoms with Gasteiger partial charge in [0.1, 0.15) is 11.6 Å². The first-order chi connectivity index (χ1) is 17.3. The third-order valence-corrected chi connectivity index (χ3v) is 8.07. The second-order valence-corrected chi connectivity index (χ2v) is 10.3. The molecule has 190 valence electrons. The molecule has 3 saturated heterocycles. The minimum atomic E-state index is -1.10. The van der Waals surface area contributed by atoms with Crippen LogP contribution in [-0.4, -0.2) is 58.1 Å². The number of carbonyl (C=O) groups is 3. The Morgan fingerprint density at radius 1 is 1.11 bits per heavy atom. The summed E-state index contributed by atoms with van der Waals surface area (Å²) in [6.45, 7) is 5.61. The molecule has 5 rings (SSSR count). The van der Waals surface area contributed by atoms with Crippen molar-refractivity contribution in [3.63, 3.8) is 0 Å². The Kier molecular flexibility index (Phi) is 6.34. The summed E-state index contributed by atoms with van der Waals surface area (Å²) in [5, 5.41) is 16.0. The normalized spacial score (nSPS) is 29.2. The van der Waals surface area contributed by atoms with Gasteiger partial charge >= 0.3 is 0 Å². The van der Waals surface area contributed by atoms with Crippen LogP contribution in [0.15, 0.2) is 48.5 Å². The van der Waals surface area contributed by atoms with Crippen molar-refractivity contribution in [2.75, 3.05) is 11.9 Å². The highest BCUT2D eigenvalue weighted by molar-refractivity contribution is 6.04. The molecule has 3 aliphatic heterocycles. The van der Waals surface area contributed by atoms with Gasteiger partial charge in [0, 0.05) is 12.2 Å². The summed E-state index contributed by atoms with van der Waals surface area (Å²) in [5.41, 5.74) is 2.40. The van der Waals surface area contributed by atoms with Crippen LogP contribution in [0.2, 0.25) is 0 Å². The molecule has 3 aliphatic rings. The van der Waals surface area contributed by atoms with E-state index in [1.807, 2.05) is 62.4 Å². The van der Waals surface area contributed by atoms with Crippen molar-refractivity contribution in [3.8, 4) is 0 Å². The maximum Gasteiger partial charge on any atom is 0.250 e. The molecule has 3 fully saturated rings. The van der Waals surface area contributed by atoms with E-state index in [0.717, 1.165) is 16.7 Å². The highest BCUT2D eigenvalue weighted by Gasteiger charge is 2.74. The van der Waals surface area contributed by atoms with Crippen LogP contribution in [0.1, 0.15) is 36.5 Å². The lowest BCUT2D eigenvalue weighted by molar-refractivity contribution is -0.143. The van der Waals surface area contributed by atoms with E-state index in [1.165, 1.54) is 4.90 Å². The van der Waals surface area contributed by atoms with Crippen LogP contribution >= 0.6 is 0 Å². The SMILES string of the molecule is Cc1cccc(C)c1NC(=O)C1N([C@H](C)CO)C(=O)[C@@H]2[C@@H](C(=O)NCc3ccccc3)[C@H]3CCC12O3. The molecule has 6 atom stereocenters. The molecule has 3 N–H and O–H groups in total. The molecule has 2 aromatic rings. The van der Waals surface area contributed by atoms with Gasteiger partial charge in [0.25, 0.3) is 0 Å². The number of hydrogen-bond acceptors (Lipinski definition) is 5. The van der Waals surface area contributed by atoms with E-state index in [0.29, 0.717) is 25.1 Å². The first-order valence-electron chi connectivity index (χ1n) is 12.6. The second kappa shape index (κ2) is 9.33. The van der Waals surface area contributed by atoms with Crippen molar-refractivity contribution < 1.29 is 24.2 Å². The maximum absolute atomic E-state index is 13.8. The summed E-state index contributed by atoms with van der Waals surface area (Å²) in [7, 11) is 0. The van der Waals surface area contributed by atoms with Crippen LogP contribution in [0.3, 0.4) is 0 Å². The minimum absolute atomic E-state index is 0.240. The van der Waals surface area contributed by atoms with Gasteiger partial charge in [-0.25, -0.2) is 0 Å². The van der Waals surface area contributed by atoms with Crippen molar-refractivity contribution in [1.29, 1.82) is 0 Å². The van der Waals surface area contributed by atoms with E-state index < -0.39 is 35.6 Å². The maximum atomic E-state index is 13.8. The zero-order valence-electron chi connectivity index (χ0n) is 20.9. The Morgan fingerprint density at radius 3 is 2.47 bits per heavy atom. The molecule has 0 aliphatic carbocycles. The Bertz CT molecular complexity index is 1160. The Morgan fingerprint density at radius 2 is 1.81 bits per heavy atom. The lowest BCUT2D eigenvalue weighted by atomic mass is 9.70. The molecule has 8 nitrogen and oxygen atoms in total. The monoisotopic (exact) mass is 491 g/mol. The van der Waals surface area contributed by atoms with Gasteiger partial charge in [0.15, 0.2) is 0 Å². The highest BCUT2D eigenvalue weighted by atomic mass is 16.5. The van der Waals surface area contributed by atoms with Crippen molar-refractivity contribution >= 4 is 23.4 Å². The van der Waals surface area contributed by atoms with Crippen LogP contribution in [0.5, 0.6) is 0 Å². The minimum Gasteiger partial charge on any atom is -0.394 e. The summed E-state index contributed by atoms with van der Waals surface area (Å²) < 4.78 is 6.43. The van der Waals surface area contributed by atoms with Gasteiger partial charge < -0.3 is 25.4 Å². The van der Waals surface area contributed by atoms with Gasteiger partial charge in [-0.05, 0) is 50.3 Å². The molecule has 2 unspecified atom stereocenters. The van der Waals surface area contributed by atoms with Crippen molar-refractivity contribution in [2.45, 2.75) is 63.9 Å². The fourth-order valence-corrected chi connectivity index (χ4v) is 6.36. The molecular weight excluding hydrogens is 458 g/mol. The smallest absolute Gasteiger partial charge is 0.250 e. The van der Waals surface area contributed by atoms with Crippen LogP contribution in [-0.2, 0) is 25.7 Å². The number of rotatable bonds is 7. The van der Waals surface area contributed by atoms with Gasteiger partial charge in [0.05, 0.1) is 30.6 Å². The molecule has 0 aromatic heterocycles. The number of aryl methyl sites for hydroxylation is 2. The molecule has 36 heavy (non-hydrogen) atoms. The number of benzene rings is 2. The van der Waals surface area contributed by atoms with Gasteiger partial charge in [0.2, 0.25) is 17.7 Å².